The predicted octanol–water partition coefficient (Wildman–Crippen LogP) is 0.215. The van der Waals surface area contributed by atoms with E-state index in [4.69, 9.17) is 9.98 Å². The Kier molecular flexibility index (Phi) is 5.02. The van der Waals surface area contributed by atoms with E-state index in [0.29, 0.717) is 28.2 Å². The number of anilines is 3. The minimum Gasteiger partial charge on any atom is -0.493 e. The second-order valence-electron chi connectivity index (χ2n) is 8.59. The average molecular weight is 460 g/mol. The van der Waals surface area contributed by atoms with Gasteiger partial charge in [-0.2, -0.15) is 9.61 Å². The first-order valence-electron chi connectivity index (χ1n) is 11.4. The number of fused-ring (bicyclic) bond motifs is 1. The Balaban J connectivity index is 1.37. The number of nitrogens with one attached hydrogen (secondary N) is 4. The summed E-state index contributed by atoms with van der Waals surface area (Å²) in [4.78, 5) is 28.3. The van der Waals surface area contributed by atoms with Gasteiger partial charge in [-0.15, -0.1) is 0 Å². The lowest BCUT2D eigenvalue weighted by Gasteiger charge is -2.29. The van der Waals surface area contributed by atoms with Crippen molar-refractivity contribution in [3.05, 3.63) is 63.4 Å². The lowest BCUT2D eigenvalue weighted by molar-refractivity contribution is 0.454. The fraction of sp³-hybridized carbons (Fsp3) is 0.304. The first kappa shape index (κ1) is 20.5. The van der Waals surface area contributed by atoms with Crippen molar-refractivity contribution in [3.63, 3.8) is 0 Å². The molecule has 4 aromatic rings. The van der Waals surface area contributed by atoms with Gasteiger partial charge >= 0.3 is 5.69 Å². The van der Waals surface area contributed by atoms with Gasteiger partial charge in [0.1, 0.15) is 11.5 Å². The Hall–Kier alpha value is -4.12. The van der Waals surface area contributed by atoms with Crippen LogP contribution in [0.3, 0.4) is 0 Å². The lowest BCUT2D eigenvalue weighted by Crippen LogP contribution is -2.43. The first-order chi connectivity index (χ1) is 16.6. The average Bonchev–Trinajstić information content (AvgIpc) is 3.48. The smallest absolute Gasteiger partial charge is 0.326 e. The van der Waals surface area contributed by atoms with Gasteiger partial charge < -0.3 is 25.6 Å². The van der Waals surface area contributed by atoms with Crippen molar-refractivity contribution in [1.29, 1.82) is 0 Å². The van der Waals surface area contributed by atoms with Crippen LogP contribution in [0.25, 0.3) is 11.7 Å². The number of nitrogens with zero attached hydrogens (tertiary/aromatic N) is 5. The monoisotopic (exact) mass is 459 g/mol. The molecule has 0 atom stereocenters. The zero-order valence-electron chi connectivity index (χ0n) is 18.5. The molecule has 174 valence electrons. The Morgan fingerprint density at radius 1 is 1.15 bits per heavy atom. The molecule has 1 aromatic carbocycles. The SMILES string of the molecule is O=c1[nH]c(O)c(/C=c2/cnn3c(=NC4CC4)cc(Nc4ccc(N5CCNCC5)cc4)nc23)[nH]1. The van der Waals surface area contributed by atoms with E-state index in [-0.39, 0.29) is 11.6 Å². The molecule has 1 aliphatic heterocycles. The van der Waals surface area contributed by atoms with Crippen LogP contribution in [0.15, 0.2) is 46.3 Å². The minimum atomic E-state index is -0.482. The molecule has 11 nitrogen and oxygen atoms in total. The van der Waals surface area contributed by atoms with Gasteiger partial charge in [-0.05, 0) is 43.2 Å². The highest BCUT2D eigenvalue weighted by atomic mass is 16.3. The van der Waals surface area contributed by atoms with Crippen LogP contribution in [0, 0.1) is 0 Å². The molecule has 4 heterocycles. The molecule has 11 heteroatoms. The van der Waals surface area contributed by atoms with Crippen LogP contribution in [0.5, 0.6) is 5.88 Å². The Morgan fingerprint density at radius 2 is 1.94 bits per heavy atom. The predicted molar refractivity (Wildman–Crippen MR) is 128 cm³/mol. The fourth-order valence-corrected chi connectivity index (χ4v) is 4.09. The van der Waals surface area contributed by atoms with Gasteiger partial charge in [-0.25, -0.2) is 9.78 Å². The maximum atomic E-state index is 11.5. The summed E-state index contributed by atoms with van der Waals surface area (Å²) in [5.74, 6) is 0.412. The standard InChI is InChI=1S/C23H25N9O2/c33-22-18(28-23(34)30-22)11-14-13-25-32-20(27-16-1-2-16)12-19(29-21(14)32)26-15-3-5-17(6-4-15)31-9-7-24-8-10-31/h3-6,11-13,16,24,26,33H,1-2,7-10H2,(H2,28,30,34)/b14-11-,27-20?. The van der Waals surface area contributed by atoms with Crippen LogP contribution in [0.2, 0.25) is 0 Å². The van der Waals surface area contributed by atoms with Crippen LogP contribution >= 0.6 is 0 Å². The largest absolute Gasteiger partial charge is 0.493 e. The third-order valence-electron chi connectivity index (χ3n) is 6.00. The lowest BCUT2D eigenvalue weighted by atomic mass is 10.2. The van der Waals surface area contributed by atoms with Crippen LogP contribution in [0.4, 0.5) is 17.2 Å². The van der Waals surface area contributed by atoms with E-state index < -0.39 is 5.69 Å². The molecule has 0 radical (unpaired) electrons. The van der Waals surface area contributed by atoms with Gasteiger partial charge in [0.15, 0.2) is 11.1 Å². The molecule has 0 spiro atoms. The zero-order chi connectivity index (χ0) is 23.1. The fourth-order valence-electron chi connectivity index (χ4n) is 4.09. The number of piperazine rings is 1. The second kappa shape index (κ2) is 8.34. The summed E-state index contributed by atoms with van der Waals surface area (Å²) in [6.07, 6.45) is 5.41. The molecular formula is C23H25N9O2. The summed E-state index contributed by atoms with van der Waals surface area (Å²) in [5, 5.41) is 21.8. The quantitative estimate of drug-likeness (QED) is 0.288. The third-order valence-corrected chi connectivity index (χ3v) is 6.00. The van der Waals surface area contributed by atoms with Crippen molar-refractivity contribution in [1.82, 2.24) is 29.9 Å². The van der Waals surface area contributed by atoms with Gasteiger partial charge in [0, 0.05) is 48.8 Å². The van der Waals surface area contributed by atoms with E-state index in [1.165, 1.54) is 5.69 Å². The third kappa shape index (κ3) is 4.13. The number of aromatic hydroxyl groups is 1. The summed E-state index contributed by atoms with van der Waals surface area (Å²) < 4.78 is 1.69. The van der Waals surface area contributed by atoms with Gasteiger partial charge in [0.05, 0.1) is 12.2 Å². The summed E-state index contributed by atoms with van der Waals surface area (Å²) in [6, 6.07) is 10.5. The van der Waals surface area contributed by atoms with Gasteiger partial charge in [-0.1, -0.05) is 0 Å². The number of aromatic nitrogens is 5. The van der Waals surface area contributed by atoms with Crippen LogP contribution in [-0.4, -0.2) is 61.9 Å². The molecule has 2 fully saturated rings. The highest BCUT2D eigenvalue weighted by molar-refractivity contribution is 5.63. The zero-order valence-corrected chi connectivity index (χ0v) is 18.5. The maximum absolute atomic E-state index is 11.5. The van der Waals surface area contributed by atoms with Crippen molar-refractivity contribution in [2.45, 2.75) is 18.9 Å². The number of hydrogen-bond acceptors (Lipinski definition) is 8. The highest BCUT2D eigenvalue weighted by Crippen LogP contribution is 2.23. The van der Waals surface area contributed by atoms with E-state index >= 15 is 0 Å². The van der Waals surface area contributed by atoms with Crippen LogP contribution in [-0.2, 0) is 0 Å². The molecule has 2 aliphatic rings. The summed E-state index contributed by atoms with van der Waals surface area (Å²) in [6.45, 7) is 3.99. The number of H-pyrrole nitrogens is 2. The normalized spacial score (nSPS) is 17.6. The molecular weight excluding hydrogens is 434 g/mol. The molecule has 0 unspecified atom stereocenters. The number of imidazole rings is 1. The second-order valence-corrected chi connectivity index (χ2v) is 8.59. The van der Waals surface area contributed by atoms with Crippen molar-refractivity contribution in [3.8, 4) is 5.88 Å². The Labute approximate surface area is 193 Å². The number of benzene rings is 1. The van der Waals surface area contributed by atoms with Gasteiger partial charge in [0.25, 0.3) is 0 Å². The van der Waals surface area contributed by atoms with Crippen molar-refractivity contribution < 1.29 is 5.11 Å². The topological polar surface area (TPSA) is 139 Å². The van der Waals surface area contributed by atoms with E-state index in [1.54, 1.807) is 16.8 Å². The van der Waals surface area contributed by atoms with E-state index in [2.05, 4.69) is 42.7 Å². The molecule has 1 aliphatic carbocycles. The molecule has 0 bridgehead atoms. The van der Waals surface area contributed by atoms with E-state index in [9.17, 15) is 9.90 Å². The molecule has 3 aromatic heterocycles. The van der Waals surface area contributed by atoms with E-state index in [1.807, 2.05) is 18.2 Å². The molecule has 34 heavy (non-hydrogen) atoms. The Morgan fingerprint density at radius 3 is 2.65 bits per heavy atom. The summed E-state index contributed by atoms with van der Waals surface area (Å²) in [5.41, 5.74) is 3.19. The first-order valence-corrected chi connectivity index (χ1v) is 11.4. The van der Waals surface area contributed by atoms with Gasteiger partial charge in [0.2, 0.25) is 5.88 Å². The molecule has 6 rings (SSSR count). The molecule has 1 saturated heterocycles. The van der Waals surface area contributed by atoms with E-state index in [0.717, 1.165) is 44.7 Å². The summed E-state index contributed by atoms with van der Waals surface area (Å²) in [7, 11) is 0. The minimum absolute atomic E-state index is 0.230. The summed E-state index contributed by atoms with van der Waals surface area (Å²) >= 11 is 0. The van der Waals surface area contributed by atoms with Crippen LogP contribution in [0.1, 0.15) is 18.5 Å². The maximum Gasteiger partial charge on any atom is 0.326 e. The molecule has 0 amide bonds. The highest BCUT2D eigenvalue weighted by Gasteiger charge is 2.20. The Bertz CT molecular complexity index is 1510. The number of rotatable bonds is 5. The van der Waals surface area contributed by atoms with Crippen molar-refractivity contribution >= 4 is 28.9 Å². The molecule has 5 N–H and O–H groups in total. The van der Waals surface area contributed by atoms with Crippen molar-refractivity contribution in [2.24, 2.45) is 4.99 Å². The van der Waals surface area contributed by atoms with Crippen LogP contribution < -0.4 is 31.9 Å². The van der Waals surface area contributed by atoms with Crippen molar-refractivity contribution in [2.75, 3.05) is 36.4 Å². The molecule has 1 saturated carbocycles. The number of hydrogen-bond donors (Lipinski definition) is 5. The number of aromatic amines is 2. The van der Waals surface area contributed by atoms with Gasteiger partial charge in [-0.3, -0.25) is 9.98 Å².